The summed E-state index contributed by atoms with van der Waals surface area (Å²) in [5.74, 6) is 0.310. The number of hydrogen-bond donors (Lipinski definition) is 0. The zero-order valence-electron chi connectivity index (χ0n) is 9.27. The van der Waals surface area contributed by atoms with Gasteiger partial charge in [0.05, 0.1) is 0 Å². The molecule has 0 amide bonds. The maximum Gasteiger partial charge on any atom is 0 e. The minimum absolute atomic E-state index is 0. The van der Waals surface area contributed by atoms with E-state index >= 15 is 0 Å². The van der Waals surface area contributed by atoms with Crippen molar-refractivity contribution in [2.75, 3.05) is 0 Å². The van der Waals surface area contributed by atoms with Gasteiger partial charge in [-0.05, 0) is 0 Å². The Morgan fingerprint density at radius 3 is 2.31 bits per heavy atom. The average molecular weight is 283 g/mol. The van der Waals surface area contributed by atoms with Crippen LogP contribution in [0.5, 0.6) is 0 Å². The van der Waals surface area contributed by atoms with Gasteiger partial charge in [0.1, 0.15) is 0 Å². The molecule has 79 valence electrons. The average Bonchev–Trinajstić information content (AvgIpc) is 2.31. The van der Waals surface area contributed by atoms with Gasteiger partial charge in [0.2, 0.25) is 0 Å². The molecule has 2 aromatic rings. The van der Waals surface area contributed by atoms with E-state index in [-0.39, 0.29) is 32.7 Å². The maximum absolute atomic E-state index is 4.18. The van der Waals surface area contributed by atoms with Crippen LogP contribution < -0.4 is 0 Å². The van der Waals surface area contributed by atoms with E-state index in [1.807, 2.05) is 24.3 Å². The Balaban J connectivity index is 0.00000128. The molecule has 1 unspecified atom stereocenters. The smallest absolute Gasteiger partial charge is 0 e. The van der Waals surface area contributed by atoms with E-state index < -0.39 is 0 Å². The normalized spacial score (nSPS) is 11.6. The molecule has 0 fully saturated rings. The van der Waals surface area contributed by atoms with Crippen LogP contribution in [-0.2, 0) is 39.1 Å². The van der Waals surface area contributed by atoms with Gasteiger partial charge in [0, 0.05) is 32.7 Å². The molecule has 0 saturated heterocycles. The molecular weight excluding hydrogens is 269 g/mol. The van der Waals surface area contributed by atoms with Gasteiger partial charge in [0.25, 0.3) is 0 Å². The van der Waals surface area contributed by atoms with Gasteiger partial charge in [-0.1, -0.05) is 42.3 Å². The minimum Gasteiger partial charge on any atom is -0.336 e. The van der Waals surface area contributed by atoms with Gasteiger partial charge in [-0.15, -0.1) is 5.92 Å². The fourth-order valence-corrected chi connectivity index (χ4v) is 1.67. The Morgan fingerprint density at radius 2 is 1.69 bits per heavy atom. The summed E-state index contributed by atoms with van der Waals surface area (Å²) in [5.41, 5.74) is 2.51. The van der Waals surface area contributed by atoms with E-state index in [1.165, 1.54) is 11.1 Å². The molecule has 0 aliphatic carbocycles. The first-order valence-electron chi connectivity index (χ1n) is 5.20. The van der Waals surface area contributed by atoms with Gasteiger partial charge >= 0.3 is 0 Å². The number of benzene rings is 2. The van der Waals surface area contributed by atoms with Gasteiger partial charge in [-0.3, -0.25) is 0 Å². The Morgan fingerprint density at radius 1 is 1.00 bits per heavy atom. The van der Waals surface area contributed by atoms with Crippen molar-refractivity contribution in [3.8, 4) is 0 Å². The minimum atomic E-state index is 0. The van der Waals surface area contributed by atoms with Crippen LogP contribution in [0.2, 0.25) is 0 Å². The second kappa shape index (κ2) is 6.98. The molecule has 0 bridgehead atoms. The van der Waals surface area contributed by atoms with Crippen LogP contribution in [0.1, 0.15) is 17.0 Å². The zero-order valence-corrected chi connectivity index (χ0v) is 12.1. The van der Waals surface area contributed by atoms with E-state index in [9.17, 15) is 0 Å². The van der Waals surface area contributed by atoms with Crippen LogP contribution >= 0.6 is 0 Å². The SMILES string of the molecule is [CH2-]C(Cc1[c-]cccc1)c1ccccc1.[Y]. The molecule has 1 heteroatoms. The molecule has 0 heterocycles. The maximum atomic E-state index is 4.18. The predicted molar refractivity (Wildman–Crippen MR) is 63.5 cm³/mol. The standard InChI is InChI=1S/C15H14.Y/c1-13(15-10-6-3-7-11-15)12-14-8-4-2-5-9-14;/h2-8,10-11,13H,1,12H2;/q-2;. The molecule has 0 aliphatic rings. The van der Waals surface area contributed by atoms with E-state index in [4.69, 9.17) is 0 Å². The van der Waals surface area contributed by atoms with Crippen LogP contribution in [0.15, 0.2) is 54.6 Å². The Kier molecular flexibility index (Phi) is 5.94. The summed E-state index contributed by atoms with van der Waals surface area (Å²) in [6.45, 7) is 4.18. The van der Waals surface area contributed by atoms with Gasteiger partial charge < -0.3 is 6.92 Å². The molecule has 0 saturated carbocycles. The fourth-order valence-electron chi connectivity index (χ4n) is 1.67. The molecule has 2 aromatic carbocycles. The summed E-state index contributed by atoms with van der Waals surface area (Å²) in [6, 6.07) is 21.7. The third-order valence-corrected chi connectivity index (χ3v) is 2.51. The molecule has 16 heavy (non-hydrogen) atoms. The third kappa shape index (κ3) is 3.84. The van der Waals surface area contributed by atoms with Crippen molar-refractivity contribution >= 4 is 0 Å². The Hall–Kier alpha value is -0.456. The molecule has 1 atom stereocenters. The Bertz CT molecular complexity index is 394. The van der Waals surface area contributed by atoms with E-state index in [0.29, 0.717) is 5.92 Å². The Labute approximate surface area is 123 Å². The van der Waals surface area contributed by atoms with Gasteiger partial charge in [0.15, 0.2) is 0 Å². The predicted octanol–water partition coefficient (Wildman–Crippen LogP) is 3.64. The van der Waals surface area contributed by atoms with E-state index in [2.05, 4.69) is 43.3 Å². The molecule has 0 nitrogen and oxygen atoms in total. The van der Waals surface area contributed by atoms with Crippen molar-refractivity contribution in [2.24, 2.45) is 0 Å². The molecule has 1 radical (unpaired) electrons. The molecule has 0 spiro atoms. The van der Waals surface area contributed by atoms with Crippen LogP contribution in [0.3, 0.4) is 0 Å². The monoisotopic (exact) mass is 283 g/mol. The largest absolute Gasteiger partial charge is 0.336 e. The van der Waals surface area contributed by atoms with Crippen LogP contribution in [-0.4, -0.2) is 0 Å². The first-order chi connectivity index (χ1) is 7.36. The molecular formula is C15H14Y-2. The first kappa shape index (κ1) is 13.6. The third-order valence-electron chi connectivity index (χ3n) is 2.51. The van der Waals surface area contributed by atoms with E-state index in [0.717, 1.165) is 6.42 Å². The van der Waals surface area contributed by atoms with Crippen molar-refractivity contribution in [3.05, 3.63) is 78.7 Å². The zero-order chi connectivity index (χ0) is 10.5. The van der Waals surface area contributed by atoms with Crippen molar-refractivity contribution in [3.63, 3.8) is 0 Å². The molecule has 0 N–H and O–H groups in total. The van der Waals surface area contributed by atoms with Crippen molar-refractivity contribution in [2.45, 2.75) is 12.3 Å². The summed E-state index contributed by atoms with van der Waals surface area (Å²) >= 11 is 0. The summed E-state index contributed by atoms with van der Waals surface area (Å²) < 4.78 is 0. The first-order valence-corrected chi connectivity index (χ1v) is 5.20. The molecule has 0 aromatic heterocycles. The topological polar surface area (TPSA) is 0 Å². The summed E-state index contributed by atoms with van der Waals surface area (Å²) in [6.07, 6.45) is 0.949. The van der Waals surface area contributed by atoms with Crippen LogP contribution in [0.25, 0.3) is 0 Å². The molecule has 2 rings (SSSR count). The van der Waals surface area contributed by atoms with Crippen molar-refractivity contribution < 1.29 is 32.7 Å². The van der Waals surface area contributed by atoms with Gasteiger partial charge in [-0.2, -0.15) is 35.9 Å². The number of hydrogen-bond acceptors (Lipinski definition) is 0. The number of rotatable bonds is 3. The quantitative estimate of drug-likeness (QED) is 0.754. The second-order valence-corrected chi connectivity index (χ2v) is 3.70. The molecule has 0 aliphatic heterocycles. The van der Waals surface area contributed by atoms with Crippen LogP contribution in [0.4, 0.5) is 0 Å². The van der Waals surface area contributed by atoms with Gasteiger partial charge in [-0.25, -0.2) is 0 Å². The summed E-state index contributed by atoms with van der Waals surface area (Å²) in [4.78, 5) is 0. The second-order valence-electron chi connectivity index (χ2n) is 3.70. The van der Waals surface area contributed by atoms with Crippen molar-refractivity contribution in [1.82, 2.24) is 0 Å². The summed E-state index contributed by atoms with van der Waals surface area (Å²) in [5, 5.41) is 0. The van der Waals surface area contributed by atoms with Crippen LogP contribution in [0, 0.1) is 13.0 Å². The van der Waals surface area contributed by atoms with Crippen molar-refractivity contribution in [1.29, 1.82) is 0 Å². The summed E-state index contributed by atoms with van der Waals surface area (Å²) in [7, 11) is 0. The van der Waals surface area contributed by atoms with E-state index in [1.54, 1.807) is 0 Å². The fraction of sp³-hybridized carbons (Fsp3) is 0.133.